The van der Waals surface area contributed by atoms with Gasteiger partial charge in [0.05, 0.1) is 6.42 Å². The van der Waals surface area contributed by atoms with Crippen molar-refractivity contribution in [2.24, 2.45) is 5.73 Å². The molecule has 0 saturated carbocycles. The number of nitrogens with one attached hydrogen (secondary N) is 2. The third-order valence-corrected chi connectivity index (χ3v) is 2.23. The van der Waals surface area contributed by atoms with Gasteiger partial charge in [0.15, 0.2) is 0 Å². The molecule has 1 aromatic heterocycles. The molecule has 1 atom stereocenters. The highest BCUT2D eigenvalue weighted by Crippen LogP contribution is 1.92. The van der Waals surface area contributed by atoms with Crippen LogP contribution in [-0.2, 0) is 20.9 Å². The lowest BCUT2D eigenvalue weighted by atomic mass is 10.2. The summed E-state index contributed by atoms with van der Waals surface area (Å²) >= 11 is 0. The number of carbonyl (C=O) groups is 3. The van der Waals surface area contributed by atoms with Crippen molar-refractivity contribution in [1.82, 2.24) is 15.1 Å². The molecule has 2 amide bonds. The van der Waals surface area contributed by atoms with Crippen molar-refractivity contribution in [3.63, 3.8) is 0 Å². The first kappa shape index (κ1) is 15.1. The number of aromatic nitrogens is 2. The number of rotatable bonds is 6. The lowest BCUT2D eigenvalue weighted by Gasteiger charge is -2.13. The van der Waals surface area contributed by atoms with Gasteiger partial charge in [-0.1, -0.05) is 0 Å². The zero-order valence-corrected chi connectivity index (χ0v) is 10.2. The maximum absolute atomic E-state index is 11.6. The predicted octanol–water partition coefficient (Wildman–Crippen LogP) is -3.02. The van der Waals surface area contributed by atoms with Gasteiger partial charge in [-0.2, -0.15) is 0 Å². The normalized spacial score (nSPS) is 11.6. The van der Waals surface area contributed by atoms with Crippen LogP contribution >= 0.6 is 0 Å². The second-order valence-corrected chi connectivity index (χ2v) is 3.86. The van der Waals surface area contributed by atoms with Gasteiger partial charge in [-0.3, -0.25) is 24.3 Å². The second kappa shape index (κ2) is 6.31. The minimum absolute atomic E-state index is 0.582. The van der Waals surface area contributed by atoms with E-state index in [-0.39, 0.29) is 0 Å². The summed E-state index contributed by atoms with van der Waals surface area (Å²) in [5, 5.41) is 12.9. The SMILES string of the molecule is NC(=O)C[C@H](NC(=O)Cn1[nH]c(=O)ccc1=O)C(=O)O. The summed E-state index contributed by atoms with van der Waals surface area (Å²) < 4.78 is 0.709. The van der Waals surface area contributed by atoms with E-state index in [1.807, 2.05) is 5.32 Å². The summed E-state index contributed by atoms with van der Waals surface area (Å²) in [5.74, 6) is -3.20. The van der Waals surface area contributed by atoms with Crippen LogP contribution in [0.5, 0.6) is 0 Å². The fourth-order valence-corrected chi connectivity index (χ4v) is 1.36. The van der Waals surface area contributed by atoms with Crippen molar-refractivity contribution in [3.05, 3.63) is 32.8 Å². The van der Waals surface area contributed by atoms with Crippen molar-refractivity contribution >= 4 is 17.8 Å². The van der Waals surface area contributed by atoms with Crippen LogP contribution in [0.4, 0.5) is 0 Å². The maximum atomic E-state index is 11.6. The van der Waals surface area contributed by atoms with Gasteiger partial charge >= 0.3 is 5.97 Å². The molecule has 0 aromatic carbocycles. The van der Waals surface area contributed by atoms with E-state index in [0.29, 0.717) is 4.68 Å². The van der Waals surface area contributed by atoms with Gasteiger partial charge in [-0.05, 0) is 0 Å². The van der Waals surface area contributed by atoms with Gasteiger partial charge in [0.1, 0.15) is 12.6 Å². The number of nitrogens with two attached hydrogens (primary N) is 1. The van der Waals surface area contributed by atoms with E-state index in [2.05, 4.69) is 5.10 Å². The number of hydrogen-bond acceptors (Lipinski definition) is 5. The molecule has 1 heterocycles. The Morgan fingerprint density at radius 2 is 2.00 bits per heavy atom. The Balaban J connectivity index is 2.78. The Kier molecular flexibility index (Phi) is 4.78. The molecule has 1 aromatic rings. The van der Waals surface area contributed by atoms with Gasteiger partial charge in [-0.15, -0.1) is 0 Å². The number of carboxylic acid groups (broad SMARTS) is 1. The first-order valence-corrected chi connectivity index (χ1v) is 5.40. The van der Waals surface area contributed by atoms with Crippen LogP contribution in [0.25, 0.3) is 0 Å². The Bertz CT molecular complexity index is 646. The fourth-order valence-electron chi connectivity index (χ4n) is 1.36. The van der Waals surface area contributed by atoms with E-state index >= 15 is 0 Å². The van der Waals surface area contributed by atoms with E-state index in [1.165, 1.54) is 0 Å². The van der Waals surface area contributed by atoms with Crippen LogP contribution < -0.4 is 22.2 Å². The predicted molar refractivity (Wildman–Crippen MR) is 64.7 cm³/mol. The largest absolute Gasteiger partial charge is 0.480 e. The van der Waals surface area contributed by atoms with E-state index in [0.717, 1.165) is 12.1 Å². The average Bonchev–Trinajstić information content (AvgIpc) is 2.32. The number of primary amides is 1. The van der Waals surface area contributed by atoms with Crippen molar-refractivity contribution < 1.29 is 19.5 Å². The van der Waals surface area contributed by atoms with Crippen LogP contribution in [0, 0.1) is 0 Å². The van der Waals surface area contributed by atoms with Gasteiger partial charge in [-0.25, -0.2) is 9.48 Å². The number of aromatic amines is 1. The van der Waals surface area contributed by atoms with E-state index < -0.39 is 47.9 Å². The summed E-state index contributed by atoms with van der Waals surface area (Å²) in [7, 11) is 0. The molecule has 0 aliphatic rings. The molecular weight excluding hydrogens is 272 g/mol. The standard InChI is InChI=1S/C10H12N4O6/c11-6(15)3-5(10(19)20)12-8(17)4-14-9(18)2-1-7(16)13-14/h1-2,5H,3-4H2,(H2,11,15)(H,12,17)(H,13,16)(H,19,20)/t5-/m0/s1. The Morgan fingerprint density at radius 3 is 2.55 bits per heavy atom. The molecule has 0 spiro atoms. The molecule has 10 heteroatoms. The van der Waals surface area contributed by atoms with Crippen LogP contribution in [0.15, 0.2) is 21.7 Å². The Morgan fingerprint density at radius 1 is 1.35 bits per heavy atom. The van der Waals surface area contributed by atoms with Crippen LogP contribution in [0.1, 0.15) is 6.42 Å². The topological polar surface area (TPSA) is 164 Å². The molecular formula is C10H12N4O6. The van der Waals surface area contributed by atoms with E-state index in [9.17, 15) is 24.0 Å². The summed E-state index contributed by atoms with van der Waals surface area (Å²) in [6, 6.07) is 0.458. The summed E-state index contributed by atoms with van der Waals surface area (Å²) in [4.78, 5) is 55.3. The lowest BCUT2D eigenvalue weighted by Crippen LogP contribution is -2.46. The van der Waals surface area contributed by atoms with Crippen LogP contribution in [0.3, 0.4) is 0 Å². The van der Waals surface area contributed by atoms with Crippen LogP contribution in [-0.4, -0.2) is 38.7 Å². The molecule has 0 aliphatic heterocycles. The van der Waals surface area contributed by atoms with E-state index in [1.54, 1.807) is 0 Å². The zero-order valence-electron chi connectivity index (χ0n) is 10.2. The lowest BCUT2D eigenvalue weighted by molar-refractivity contribution is -0.143. The Labute approximate surface area is 111 Å². The molecule has 0 radical (unpaired) electrons. The number of carboxylic acids is 1. The van der Waals surface area contributed by atoms with Gasteiger partial charge in [0.2, 0.25) is 11.8 Å². The molecule has 5 N–H and O–H groups in total. The minimum Gasteiger partial charge on any atom is -0.480 e. The van der Waals surface area contributed by atoms with Gasteiger partial charge < -0.3 is 16.2 Å². The maximum Gasteiger partial charge on any atom is 0.326 e. The highest BCUT2D eigenvalue weighted by Gasteiger charge is 2.22. The molecule has 0 aliphatic carbocycles. The first-order chi connectivity index (χ1) is 9.29. The third kappa shape index (κ3) is 4.40. The molecule has 0 fully saturated rings. The summed E-state index contributed by atoms with van der Waals surface area (Å²) in [6.07, 6.45) is -0.582. The van der Waals surface area contributed by atoms with Crippen molar-refractivity contribution in [2.45, 2.75) is 19.0 Å². The molecule has 108 valence electrons. The fraction of sp³-hybridized carbons (Fsp3) is 0.300. The number of H-pyrrole nitrogens is 1. The quantitative estimate of drug-likeness (QED) is 0.434. The minimum atomic E-state index is -1.49. The Hall–Kier alpha value is -2.91. The van der Waals surface area contributed by atoms with Crippen molar-refractivity contribution in [2.75, 3.05) is 0 Å². The summed E-state index contributed by atoms with van der Waals surface area (Å²) in [5.41, 5.74) is 3.62. The highest BCUT2D eigenvalue weighted by atomic mass is 16.4. The second-order valence-electron chi connectivity index (χ2n) is 3.86. The number of aliphatic carboxylic acids is 1. The number of amides is 2. The average molecular weight is 284 g/mol. The van der Waals surface area contributed by atoms with E-state index in [4.69, 9.17) is 10.8 Å². The number of hydrogen-bond donors (Lipinski definition) is 4. The monoisotopic (exact) mass is 284 g/mol. The summed E-state index contributed by atoms with van der Waals surface area (Å²) in [6.45, 7) is -0.586. The third-order valence-electron chi connectivity index (χ3n) is 2.23. The highest BCUT2D eigenvalue weighted by molar-refractivity contribution is 5.87. The number of nitrogens with zero attached hydrogens (tertiary/aromatic N) is 1. The molecule has 0 unspecified atom stereocenters. The zero-order chi connectivity index (χ0) is 15.3. The van der Waals surface area contributed by atoms with Gasteiger partial charge in [0.25, 0.3) is 11.1 Å². The molecule has 0 bridgehead atoms. The molecule has 0 saturated heterocycles. The van der Waals surface area contributed by atoms with Crippen molar-refractivity contribution in [3.8, 4) is 0 Å². The number of carbonyl (C=O) groups excluding carboxylic acids is 2. The molecule has 1 rings (SSSR count). The van der Waals surface area contributed by atoms with Crippen molar-refractivity contribution in [1.29, 1.82) is 0 Å². The first-order valence-electron chi connectivity index (χ1n) is 5.40. The molecule has 20 heavy (non-hydrogen) atoms. The smallest absolute Gasteiger partial charge is 0.326 e. The van der Waals surface area contributed by atoms with Gasteiger partial charge in [0, 0.05) is 12.1 Å². The van der Waals surface area contributed by atoms with Crippen LogP contribution in [0.2, 0.25) is 0 Å². The molecule has 10 nitrogen and oxygen atoms in total.